The van der Waals surface area contributed by atoms with E-state index in [2.05, 4.69) is 31.4 Å². The van der Waals surface area contributed by atoms with E-state index < -0.39 is 0 Å². The number of benzene rings is 1. The minimum atomic E-state index is -0.346. The van der Waals surface area contributed by atoms with E-state index in [1.54, 1.807) is 6.20 Å². The van der Waals surface area contributed by atoms with Gasteiger partial charge in [-0.05, 0) is 28.1 Å². The number of aromatic amines is 1. The first kappa shape index (κ1) is 10.9. The van der Waals surface area contributed by atoms with Crippen LogP contribution in [0, 0.1) is 5.82 Å². The number of hydrogen-bond acceptors (Lipinski definition) is 3. The Hall–Kier alpha value is -1.56. The number of nitrogen functional groups attached to an aromatic ring is 1. The van der Waals surface area contributed by atoms with Crippen molar-refractivity contribution in [1.82, 2.24) is 10.2 Å². The van der Waals surface area contributed by atoms with Crippen LogP contribution in [0.25, 0.3) is 0 Å². The van der Waals surface area contributed by atoms with Gasteiger partial charge in [0.15, 0.2) is 0 Å². The van der Waals surface area contributed by atoms with Gasteiger partial charge < -0.3 is 11.1 Å². The van der Waals surface area contributed by atoms with E-state index in [4.69, 9.17) is 5.73 Å². The molecule has 0 amide bonds. The number of aromatic nitrogens is 2. The molecule has 16 heavy (non-hydrogen) atoms. The molecule has 2 rings (SSSR count). The third-order valence-electron chi connectivity index (χ3n) is 2.12. The van der Waals surface area contributed by atoms with Crippen molar-refractivity contribution in [3.05, 3.63) is 40.4 Å². The van der Waals surface area contributed by atoms with Gasteiger partial charge in [-0.1, -0.05) is 0 Å². The Morgan fingerprint density at radius 1 is 1.50 bits per heavy atom. The van der Waals surface area contributed by atoms with Crippen molar-refractivity contribution in [3.8, 4) is 0 Å². The van der Waals surface area contributed by atoms with Crippen LogP contribution in [0.1, 0.15) is 5.69 Å². The maximum Gasteiger partial charge on any atom is 0.139 e. The van der Waals surface area contributed by atoms with E-state index >= 15 is 0 Å². The summed E-state index contributed by atoms with van der Waals surface area (Å²) in [4.78, 5) is 0. The third kappa shape index (κ3) is 2.33. The molecule has 0 aliphatic heterocycles. The maximum absolute atomic E-state index is 13.3. The van der Waals surface area contributed by atoms with Crippen molar-refractivity contribution in [2.75, 3.05) is 11.1 Å². The van der Waals surface area contributed by atoms with Gasteiger partial charge in [-0.25, -0.2) is 4.39 Å². The van der Waals surface area contributed by atoms with Crippen molar-refractivity contribution in [3.63, 3.8) is 0 Å². The minimum Gasteiger partial charge on any atom is -0.397 e. The van der Waals surface area contributed by atoms with Gasteiger partial charge in [-0.2, -0.15) is 5.10 Å². The van der Waals surface area contributed by atoms with Gasteiger partial charge in [0.2, 0.25) is 0 Å². The van der Waals surface area contributed by atoms with Crippen molar-refractivity contribution < 1.29 is 4.39 Å². The Kier molecular flexibility index (Phi) is 3.09. The molecule has 0 atom stereocenters. The Morgan fingerprint density at radius 2 is 2.31 bits per heavy atom. The van der Waals surface area contributed by atoms with Gasteiger partial charge in [0.05, 0.1) is 28.1 Å². The van der Waals surface area contributed by atoms with Crippen LogP contribution in [-0.4, -0.2) is 10.2 Å². The second kappa shape index (κ2) is 4.52. The van der Waals surface area contributed by atoms with Crippen molar-refractivity contribution >= 4 is 27.3 Å². The highest BCUT2D eigenvalue weighted by Gasteiger charge is 2.05. The van der Waals surface area contributed by atoms with E-state index in [0.29, 0.717) is 22.4 Å². The zero-order chi connectivity index (χ0) is 11.5. The lowest BCUT2D eigenvalue weighted by atomic mass is 10.2. The van der Waals surface area contributed by atoms with Gasteiger partial charge in [-0.3, -0.25) is 5.10 Å². The monoisotopic (exact) mass is 284 g/mol. The highest BCUT2D eigenvalue weighted by molar-refractivity contribution is 9.10. The highest BCUT2D eigenvalue weighted by atomic mass is 79.9. The molecule has 1 aromatic heterocycles. The first-order valence-corrected chi connectivity index (χ1v) is 5.43. The lowest BCUT2D eigenvalue weighted by Gasteiger charge is -2.09. The van der Waals surface area contributed by atoms with Crippen LogP contribution in [-0.2, 0) is 6.54 Å². The lowest BCUT2D eigenvalue weighted by Crippen LogP contribution is -2.03. The SMILES string of the molecule is Nc1cc(Br)c(F)cc1NCc1ccn[nH]1. The Morgan fingerprint density at radius 3 is 3.00 bits per heavy atom. The third-order valence-corrected chi connectivity index (χ3v) is 2.73. The Bertz CT molecular complexity index is 484. The molecule has 0 aliphatic carbocycles. The fraction of sp³-hybridized carbons (Fsp3) is 0.100. The van der Waals surface area contributed by atoms with Crippen LogP contribution in [0.2, 0.25) is 0 Å². The number of rotatable bonds is 3. The van der Waals surface area contributed by atoms with Crippen LogP contribution in [0.3, 0.4) is 0 Å². The molecular formula is C10H10BrFN4. The summed E-state index contributed by atoms with van der Waals surface area (Å²) >= 11 is 3.07. The van der Waals surface area contributed by atoms with Crippen LogP contribution in [0.5, 0.6) is 0 Å². The molecule has 0 unspecified atom stereocenters. The average molecular weight is 285 g/mol. The average Bonchev–Trinajstić information content (AvgIpc) is 2.74. The minimum absolute atomic E-state index is 0.346. The molecule has 0 radical (unpaired) electrons. The fourth-order valence-electron chi connectivity index (χ4n) is 1.29. The molecule has 0 saturated carbocycles. The summed E-state index contributed by atoms with van der Waals surface area (Å²) in [6.07, 6.45) is 1.66. The highest BCUT2D eigenvalue weighted by Crippen LogP contribution is 2.26. The number of nitrogens with two attached hydrogens (primary N) is 1. The molecule has 1 aromatic carbocycles. The molecule has 84 valence electrons. The summed E-state index contributed by atoms with van der Waals surface area (Å²) in [5, 5.41) is 9.63. The normalized spacial score (nSPS) is 10.4. The standard InChI is InChI=1S/C10H10BrFN4/c11-7-3-9(13)10(4-8(7)12)14-5-6-1-2-15-16-6/h1-4,14H,5,13H2,(H,15,16). The van der Waals surface area contributed by atoms with Crippen LogP contribution >= 0.6 is 15.9 Å². The largest absolute Gasteiger partial charge is 0.397 e. The van der Waals surface area contributed by atoms with Crippen molar-refractivity contribution in [2.45, 2.75) is 6.54 Å². The molecule has 0 saturated heterocycles. The predicted octanol–water partition coefficient (Wildman–Crippen LogP) is 2.51. The van der Waals surface area contributed by atoms with E-state index in [-0.39, 0.29) is 5.82 Å². The number of halogens is 2. The first-order chi connectivity index (χ1) is 7.66. The summed E-state index contributed by atoms with van der Waals surface area (Å²) in [6.45, 7) is 0.519. The zero-order valence-electron chi connectivity index (χ0n) is 8.30. The molecular weight excluding hydrogens is 275 g/mol. The summed E-state index contributed by atoms with van der Waals surface area (Å²) in [5.41, 5.74) is 7.71. The van der Waals surface area contributed by atoms with E-state index in [0.717, 1.165) is 5.69 Å². The molecule has 6 heteroatoms. The van der Waals surface area contributed by atoms with Gasteiger partial charge in [-0.15, -0.1) is 0 Å². The Labute approximate surface area is 100 Å². The number of nitrogens with one attached hydrogen (secondary N) is 2. The zero-order valence-corrected chi connectivity index (χ0v) is 9.88. The van der Waals surface area contributed by atoms with Crippen LogP contribution < -0.4 is 11.1 Å². The van der Waals surface area contributed by atoms with E-state index in [9.17, 15) is 4.39 Å². The number of hydrogen-bond donors (Lipinski definition) is 3. The molecule has 0 fully saturated rings. The first-order valence-electron chi connectivity index (χ1n) is 4.63. The van der Waals surface area contributed by atoms with Gasteiger partial charge >= 0.3 is 0 Å². The summed E-state index contributed by atoms with van der Waals surface area (Å²) in [6, 6.07) is 4.72. The second-order valence-electron chi connectivity index (χ2n) is 3.29. The molecule has 1 heterocycles. The molecule has 4 nitrogen and oxygen atoms in total. The summed E-state index contributed by atoms with van der Waals surface area (Å²) < 4.78 is 13.6. The summed E-state index contributed by atoms with van der Waals surface area (Å²) in [7, 11) is 0. The van der Waals surface area contributed by atoms with Gasteiger partial charge in [0, 0.05) is 12.3 Å². The van der Waals surface area contributed by atoms with E-state index in [1.807, 2.05) is 6.07 Å². The van der Waals surface area contributed by atoms with Gasteiger partial charge in [0.25, 0.3) is 0 Å². The van der Waals surface area contributed by atoms with Crippen LogP contribution in [0.4, 0.5) is 15.8 Å². The van der Waals surface area contributed by atoms with E-state index in [1.165, 1.54) is 12.1 Å². The fourth-order valence-corrected chi connectivity index (χ4v) is 1.65. The summed E-state index contributed by atoms with van der Waals surface area (Å²) in [5.74, 6) is -0.346. The molecule has 0 spiro atoms. The Balaban J connectivity index is 2.12. The van der Waals surface area contributed by atoms with Crippen molar-refractivity contribution in [1.29, 1.82) is 0 Å². The van der Waals surface area contributed by atoms with Gasteiger partial charge in [0.1, 0.15) is 5.82 Å². The molecule has 0 aliphatic rings. The number of nitrogens with zero attached hydrogens (tertiary/aromatic N) is 1. The molecule has 4 N–H and O–H groups in total. The lowest BCUT2D eigenvalue weighted by molar-refractivity contribution is 0.622. The molecule has 0 bridgehead atoms. The topological polar surface area (TPSA) is 66.7 Å². The maximum atomic E-state index is 13.3. The molecule has 2 aromatic rings. The number of H-pyrrole nitrogens is 1. The quantitative estimate of drug-likeness (QED) is 0.759. The predicted molar refractivity (Wildman–Crippen MR) is 64.4 cm³/mol. The van der Waals surface area contributed by atoms with Crippen LogP contribution in [0.15, 0.2) is 28.9 Å². The second-order valence-corrected chi connectivity index (χ2v) is 4.14. The van der Waals surface area contributed by atoms with Crippen molar-refractivity contribution in [2.24, 2.45) is 0 Å². The smallest absolute Gasteiger partial charge is 0.139 e. The number of anilines is 2.